The summed E-state index contributed by atoms with van der Waals surface area (Å²) in [6.07, 6.45) is 2.10. The summed E-state index contributed by atoms with van der Waals surface area (Å²) in [7, 11) is -0.496. The van der Waals surface area contributed by atoms with Gasteiger partial charge in [-0.3, -0.25) is 9.59 Å². The lowest BCUT2D eigenvalue weighted by Crippen LogP contribution is -2.62. The van der Waals surface area contributed by atoms with E-state index >= 15 is 0 Å². The lowest BCUT2D eigenvalue weighted by molar-refractivity contribution is -0.132. The van der Waals surface area contributed by atoms with Crippen LogP contribution in [0.5, 0.6) is 0 Å². The third kappa shape index (κ3) is 5.50. The van der Waals surface area contributed by atoms with Gasteiger partial charge in [-0.2, -0.15) is 0 Å². The largest absolute Gasteiger partial charge is 0.494 e. The van der Waals surface area contributed by atoms with Gasteiger partial charge in [-0.15, -0.1) is 0 Å². The zero-order valence-electron chi connectivity index (χ0n) is 19.8. The molecule has 33 heavy (non-hydrogen) atoms. The molecule has 0 spiro atoms. The maximum Gasteiger partial charge on any atom is 0.494 e. The zero-order valence-corrected chi connectivity index (χ0v) is 19.8. The first-order valence-corrected chi connectivity index (χ1v) is 11.4. The summed E-state index contributed by atoms with van der Waals surface area (Å²) in [5.74, 6) is -1.19. The standard InChI is InChI=1S/C23H34BN3O6/c1-21(2)22(3,4)33-24(32-21)16-10-8-15(9-11-16)14-17(18(25)28)26-19(29)23(27-20(30)31)12-6-5-7-13-23/h8-11,17,27H,5-7,12-14H2,1-4H3,(H2,25,28)(H,26,29)(H,30,31). The number of carbonyl (C=O) groups excluding carboxylic acids is 2. The first-order valence-electron chi connectivity index (χ1n) is 11.4. The summed E-state index contributed by atoms with van der Waals surface area (Å²) in [4.78, 5) is 36.4. The Balaban J connectivity index is 1.69. The summed E-state index contributed by atoms with van der Waals surface area (Å²) in [6, 6.07) is 6.45. The number of rotatable bonds is 7. The van der Waals surface area contributed by atoms with Gasteiger partial charge in [0.25, 0.3) is 0 Å². The molecule has 3 rings (SSSR count). The van der Waals surface area contributed by atoms with Crippen LogP contribution in [0, 0.1) is 0 Å². The van der Waals surface area contributed by atoms with Crippen molar-refractivity contribution in [2.45, 2.75) is 89.0 Å². The lowest BCUT2D eigenvalue weighted by atomic mass is 9.78. The highest BCUT2D eigenvalue weighted by Crippen LogP contribution is 2.36. The number of carboxylic acid groups (broad SMARTS) is 1. The molecule has 0 radical (unpaired) electrons. The first-order chi connectivity index (χ1) is 15.4. The summed E-state index contributed by atoms with van der Waals surface area (Å²) in [5, 5.41) is 14.3. The van der Waals surface area contributed by atoms with Gasteiger partial charge in [0, 0.05) is 6.42 Å². The molecule has 5 N–H and O–H groups in total. The molecule has 1 saturated heterocycles. The van der Waals surface area contributed by atoms with Gasteiger partial charge in [0.1, 0.15) is 11.6 Å². The van der Waals surface area contributed by atoms with Crippen molar-refractivity contribution in [3.05, 3.63) is 29.8 Å². The fourth-order valence-electron chi connectivity index (χ4n) is 4.31. The minimum absolute atomic E-state index is 0.188. The van der Waals surface area contributed by atoms with Crippen LogP contribution < -0.4 is 21.8 Å². The molecular weight excluding hydrogens is 425 g/mol. The van der Waals surface area contributed by atoms with Crippen molar-refractivity contribution in [1.82, 2.24) is 10.6 Å². The third-order valence-electron chi connectivity index (χ3n) is 7.08. The molecule has 0 aromatic heterocycles. The summed E-state index contributed by atoms with van der Waals surface area (Å²) >= 11 is 0. The van der Waals surface area contributed by atoms with E-state index in [1.165, 1.54) is 0 Å². The van der Waals surface area contributed by atoms with Crippen molar-refractivity contribution < 1.29 is 28.8 Å². The number of hydrogen-bond acceptors (Lipinski definition) is 5. The van der Waals surface area contributed by atoms with Crippen LogP contribution in [0.3, 0.4) is 0 Å². The molecule has 2 fully saturated rings. The van der Waals surface area contributed by atoms with E-state index in [0.29, 0.717) is 12.8 Å². The molecule has 1 aliphatic heterocycles. The van der Waals surface area contributed by atoms with E-state index in [2.05, 4.69) is 10.6 Å². The number of benzene rings is 1. The molecule has 1 aliphatic carbocycles. The van der Waals surface area contributed by atoms with Gasteiger partial charge in [-0.25, -0.2) is 4.79 Å². The Morgan fingerprint density at radius 3 is 2.06 bits per heavy atom. The Morgan fingerprint density at radius 2 is 1.58 bits per heavy atom. The maximum atomic E-state index is 13.0. The van der Waals surface area contributed by atoms with Crippen LogP contribution in [0.2, 0.25) is 0 Å². The molecule has 3 amide bonds. The van der Waals surface area contributed by atoms with Crippen LogP contribution in [0.25, 0.3) is 0 Å². The summed E-state index contributed by atoms with van der Waals surface area (Å²) in [5.41, 5.74) is 5.08. The Hall–Kier alpha value is -2.59. The minimum Gasteiger partial charge on any atom is -0.465 e. The zero-order chi connectivity index (χ0) is 24.4. The van der Waals surface area contributed by atoms with E-state index in [4.69, 9.17) is 15.0 Å². The van der Waals surface area contributed by atoms with Crippen LogP contribution in [-0.2, 0) is 25.3 Å². The molecular formula is C23H34BN3O6. The van der Waals surface area contributed by atoms with E-state index in [1.807, 2.05) is 52.0 Å². The minimum atomic E-state index is -1.26. The van der Waals surface area contributed by atoms with Crippen molar-refractivity contribution in [1.29, 1.82) is 0 Å². The quantitative estimate of drug-likeness (QED) is 0.456. The summed E-state index contributed by atoms with van der Waals surface area (Å²) in [6.45, 7) is 7.94. The predicted octanol–water partition coefficient (Wildman–Crippen LogP) is 1.47. The second-order valence-electron chi connectivity index (χ2n) is 10.0. The molecule has 1 heterocycles. The summed E-state index contributed by atoms with van der Waals surface area (Å²) < 4.78 is 12.1. The fourth-order valence-corrected chi connectivity index (χ4v) is 4.31. The van der Waals surface area contributed by atoms with Crippen molar-refractivity contribution in [2.75, 3.05) is 0 Å². The number of primary amides is 1. The van der Waals surface area contributed by atoms with E-state index in [9.17, 15) is 19.5 Å². The van der Waals surface area contributed by atoms with Gasteiger partial charge in [-0.05, 0) is 51.6 Å². The van der Waals surface area contributed by atoms with Crippen molar-refractivity contribution in [2.24, 2.45) is 5.73 Å². The Morgan fingerprint density at radius 1 is 1.03 bits per heavy atom. The Bertz CT molecular complexity index is 880. The Kier molecular flexibility index (Phi) is 7.09. The molecule has 1 saturated carbocycles. The van der Waals surface area contributed by atoms with Gasteiger partial charge < -0.3 is 30.8 Å². The SMILES string of the molecule is CC1(C)OB(c2ccc(CC(NC(=O)C3(NC(=O)O)CCCCC3)C(N)=O)cc2)OC1(C)C. The van der Waals surface area contributed by atoms with Gasteiger partial charge in [0.2, 0.25) is 11.8 Å². The third-order valence-corrected chi connectivity index (χ3v) is 7.08. The van der Waals surface area contributed by atoms with Gasteiger partial charge in [0.15, 0.2) is 0 Å². The molecule has 0 bridgehead atoms. The lowest BCUT2D eigenvalue weighted by Gasteiger charge is -2.36. The van der Waals surface area contributed by atoms with Crippen molar-refractivity contribution in [3.8, 4) is 0 Å². The van der Waals surface area contributed by atoms with Gasteiger partial charge >= 0.3 is 13.2 Å². The van der Waals surface area contributed by atoms with Gasteiger partial charge in [0.05, 0.1) is 11.2 Å². The number of nitrogens with one attached hydrogen (secondary N) is 2. The molecule has 10 heteroatoms. The fraction of sp³-hybridized carbons (Fsp3) is 0.609. The van der Waals surface area contributed by atoms with Crippen LogP contribution in [0.4, 0.5) is 4.79 Å². The first kappa shape index (κ1) is 25.0. The van der Waals surface area contributed by atoms with Crippen LogP contribution in [0.1, 0.15) is 65.4 Å². The molecule has 1 atom stereocenters. The predicted molar refractivity (Wildman–Crippen MR) is 124 cm³/mol. The number of carbonyl (C=O) groups is 3. The average Bonchev–Trinajstić information content (AvgIpc) is 2.95. The smallest absolute Gasteiger partial charge is 0.465 e. The second kappa shape index (κ2) is 9.34. The van der Waals surface area contributed by atoms with E-state index in [1.54, 1.807) is 0 Å². The molecule has 9 nitrogen and oxygen atoms in total. The van der Waals surface area contributed by atoms with Crippen molar-refractivity contribution >= 4 is 30.5 Å². The van der Waals surface area contributed by atoms with Crippen LogP contribution >= 0.6 is 0 Å². The number of nitrogens with two attached hydrogens (primary N) is 1. The highest BCUT2D eigenvalue weighted by atomic mass is 16.7. The van der Waals surface area contributed by atoms with Crippen molar-refractivity contribution in [3.63, 3.8) is 0 Å². The monoisotopic (exact) mass is 459 g/mol. The molecule has 2 aliphatic rings. The van der Waals surface area contributed by atoms with Crippen LogP contribution in [0.15, 0.2) is 24.3 Å². The maximum absolute atomic E-state index is 13.0. The van der Waals surface area contributed by atoms with E-state index in [-0.39, 0.29) is 6.42 Å². The molecule has 1 unspecified atom stereocenters. The second-order valence-corrected chi connectivity index (χ2v) is 10.0. The number of amides is 3. The molecule has 1 aromatic rings. The topological polar surface area (TPSA) is 140 Å². The van der Waals surface area contributed by atoms with Crippen LogP contribution in [-0.4, -0.2) is 52.9 Å². The highest BCUT2D eigenvalue weighted by molar-refractivity contribution is 6.62. The van der Waals surface area contributed by atoms with Gasteiger partial charge in [-0.1, -0.05) is 43.5 Å². The van der Waals surface area contributed by atoms with E-state index < -0.39 is 47.8 Å². The Labute approximate surface area is 194 Å². The average molecular weight is 459 g/mol. The molecule has 180 valence electrons. The van der Waals surface area contributed by atoms with E-state index in [0.717, 1.165) is 30.3 Å². The number of hydrogen-bond donors (Lipinski definition) is 4. The molecule has 1 aromatic carbocycles. The highest BCUT2D eigenvalue weighted by Gasteiger charge is 2.51. The normalized spacial score (nSPS) is 21.8.